The minimum atomic E-state index is -3.16. The van der Waals surface area contributed by atoms with Crippen LogP contribution in [0.15, 0.2) is 33.7 Å². The Morgan fingerprint density at radius 1 is 1.23 bits per heavy atom. The van der Waals surface area contributed by atoms with E-state index in [1.54, 1.807) is 24.3 Å². The van der Waals surface area contributed by atoms with E-state index in [9.17, 15) is 8.42 Å². The summed E-state index contributed by atoms with van der Waals surface area (Å²) in [6, 6.07) is 6.80. The SMILES string of the molecule is CS(=O)(=O)c1ccc(Cc2noc(C3CCNCC3)n2)cc1. The molecule has 3 rings (SSSR count). The van der Waals surface area contributed by atoms with E-state index in [4.69, 9.17) is 4.52 Å². The van der Waals surface area contributed by atoms with Gasteiger partial charge in [0.05, 0.1) is 4.90 Å². The van der Waals surface area contributed by atoms with Crippen molar-refractivity contribution in [3.05, 3.63) is 41.5 Å². The first-order valence-corrected chi connectivity index (χ1v) is 9.24. The molecule has 118 valence electrons. The van der Waals surface area contributed by atoms with Crippen LogP contribution >= 0.6 is 0 Å². The summed E-state index contributed by atoms with van der Waals surface area (Å²) in [6.07, 6.45) is 3.78. The molecule has 0 atom stereocenters. The topological polar surface area (TPSA) is 85.1 Å². The van der Waals surface area contributed by atoms with Crippen LogP contribution in [-0.4, -0.2) is 37.9 Å². The van der Waals surface area contributed by atoms with Gasteiger partial charge in [-0.1, -0.05) is 17.3 Å². The first-order valence-electron chi connectivity index (χ1n) is 7.34. The zero-order valence-electron chi connectivity index (χ0n) is 12.4. The van der Waals surface area contributed by atoms with Crippen molar-refractivity contribution in [1.82, 2.24) is 15.5 Å². The van der Waals surface area contributed by atoms with Crippen molar-refractivity contribution in [2.75, 3.05) is 19.3 Å². The molecule has 0 bridgehead atoms. The van der Waals surface area contributed by atoms with E-state index in [2.05, 4.69) is 15.5 Å². The van der Waals surface area contributed by atoms with Gasteiger partial charge in [-0.25, -0.2) is 8.42 Å². The molecule has 6 nitrogen and oxygen atoms in total. The molecule has 0 spiro atoms. The molecule has 1 saturated heterocycles. The second kappa shape index (κ2) is 6.18. The number of benzene rings is 1. The molecule has 0 amide bonds. The second-order valence-electron chi connectivity index (χ2n) is 5.67. The summed E-state index contributed by atoms with van der Waals surface area (Å²) in [7, 11) is -3.16. The Balaban J connectivity index is 1.69. The average Bonchev–Trinajstić information content (AvgIpc) is 2.96. The molecule has 1 aliphatic heterocycles. The van der Waals surface area contributed by atoms with Gasteiger partial charge >= 0.3 is 0 Å². The number of rotatable bonds is 4. The quantitative estimate of drug-likeness (QED) is 0.919. The van der Waals surface area contributed by atoms with Gasteiger partial charge in [0.15, 0.2) is 15.7 Å². The fourth-order valence-corrected chi connectivity index (χ4v) is 3.24. The molecule has 1 aliphatic rings. The summed E-state index contributed by atoms with van der Waals surface area (Å²) in [5.41, 5.74) is 0.963. The van der Waals surface area contributed by atoms with Crippen LogP contribution in [0.5, 0.6) is 0 Å². The Morgan fingerprint density at radius 3 is 2.55 bits per heavy atom. The molecular weight excluding hydrogens is 302 g/mol. The monoisotopic (exact) mass is 321 g/mol. The average molecular weight is 321 g/mol. The van der Waals surface area contributed by atoms with Crippen molar-refractivity contribution in [1.29, 1.82) is 0 Å². The highest BCUT2D eigenvalue weighted by Crippen LogP contribution is 2.23. The van der Waals surface area contributed by atoms with Crippen LogP contribution in [0.3, 0.4) is 0 Å². The van der Waals surface area contributed by atoms with E-state index >= 15 is 0 Å². The van der Waals surface area contributed by atoms with Crippen LogP contribution in [-0.2, 0) is 16.3 Å². The maximum Gasteiger partial charge on any atom is 0.229 e. The van der Waals surface area contributed by atoms with Crippen molar-refractivity contribution in [3.8, 4) is 0 Å². The van der Waals surface area contributed by atoms with Crippen LogP contribution in [0.1, 0.15) is 36.0 Å². The number of hydrogen-bond acceptors (Lipinski definition) is 6. The lowest BCUT2D eigenvalue weighted by Crippen LogP contribution is -2.26. The molecule has 0 aliphatic carbocycles. The van der Waals surface area contributed by atoms with Crippen molar-refractivity contribution >= 4 is 9.84 Å². The molecule has 1 aromatic carbocycles. The Kier molecular flexibility index (Phi) is 4.26. The van der Waals surface area contributed by atoms with Gasteiger partial charge < -0.3 is 9.84 Å². The lowest BCUT2D eigenvalue weighted by Gasteiger charge is -2.18. The van der Waals surface area contributed by atoms with Crippen molar-refractivity contribution < 1.29 is 12.9 Å². The predicted molar refractivity (Wildman–Crippen MR) is 81.5 cm³/mol. The molecule has 1 fully saturated rings. The molecule has 7 heteroatoms. The molecule has 0 unspecified atom stereocenters. The summed E-state index contributed by atoms with van der Waals surface area (Å²) in [5.74, 6) is 1.69. The Morgan fingerprint density at radius 2 is 1.91 bits per heavy atom. The molecule has 2 heterocycles. The molecule has 2 aromatic rings. The van der Waals surface area contributed by atoms with Gasteiger partial charge in [-0.2, -0.15) is 4.98 Å². The van der Waals surface area contributed by atoms with Crippen molar-refractivity contribution in [3.63, 3.8) is 0 Å². The fourth-order valence-electron chi connectivity index (χ4n) is 2.61. The molecule has 1 N–H and O–H groups in total. The number of nitrogens with one attached hydrogen (secondary N) is 1. The van der Waals surface area contributed by atoms with Crippen molar-refractivity contribution in [2.24, 2.45) is 0 Å². The first-order chi connectivity index (χ1) is 10.5. The van der Waals surface area contributed by atoms with Gasteiger partial charge in [0.1, 0.15) is 0 Å². The summed E-state index contributed by atoms with van der Waals surface area (Å²) < 4.78 is 28.2. The second-order valence-corrected chi connectivity index (χ2v) is 7.68. The zero-order valence-corrected chi connectivity index (χ0v) is 13.3. The normalized spacial score (nSPS) is 16.8. The third-order valence-electron chi connectivity index (χ3n) is 3.89. The smallest absolute Gasteiger partial charge is 0.229 e. The zero-order chi connectivity index (χ0) is 15.6. The largest absolute Gasteiger partial charge is 0.339 e. The van der Waals surface area contributed by atoms with Gasteiger partial charge in [0.2, 0.25) is 5.89 Å². The molecule has 22 heavy (non-hydrogen) atoms. The number of hydrogen-bond donors (Lipinski definition) is 1. The van der Waals surface area contributed by atoms with Gasteiger partial charge in [-0.3, -0.25) is 0 Å². The van der Waals surface area contributed by atoms with Crippen LogP contribution < -0.4 is 5.32 Å². The third kappa shape index (κ3) is 3.53. The standard InChI is InChI=1S/C15H19N3O3S/c1-22(19,20)13-4-2-11(3-5-13)10-14-17-15(21-18-14)12-6-8-16-9-7-12/h2-5,12,16H,6-10H2,1H3. The maximum absolute atomic E-state index is 11.4. The van der Waals surface area contributed by atoms with Gasteiger partial charge in [-0.15, -0.1) is 0 Å². The summed E-state index contributed by atoms with van der Waals surface area (Å²) in [6.45, 7) is 1.96. The molecule has 0 saturated carbocycles. The predicted octanol–water partition coefficient (Wildman–Crippen LogP) is 1.53. The van der Waals surface area contributed by atoms with Gasteiger partial charge in [0.25, 0.3) is 0 Å². The van der Waals surface area contributed by atoms with E-state index in [0.717, 1.165) is 31.5 Å². The summed E-state index contributed by atoms with van der Waals surface area (Å²) in [4.78, 5) is 4.80. The van der Waals surface area contributed by atoms with E-state index in [1.165, 1.54) is 6.26 Å². The number of nitrogens with zero attached hydrogens (tertiary/aromatic N) is 2. The lowest BCUT2D eigenvalue weighted by molar-refractivity contribution is 0.318. The minimum Gasteiger partial charge on any atom is -0.339 e. The summed E-state index contributed by atoms with van der Waals surface area (Å²) >= 11 is 0. The highest BCUT2D eigenvalue weighted by atomic mass is 32.2. The number of aromatic nitrogens is 2. The lowest BCUT2D eigenvalue weighted by atomic mass is 9.98. The van der Waals surface area contributed by atoms with Crippen LogP contribution in [0.4, 0.5) is 0 Å². The molecular formula is C15H19N3O3S. The van der Waals surface area contributed by atoms with Crippen molar-refractivity contribution in [2.45, 2.75) is 30.1 Å². The van der Waals surface area contributed by atoms with Gasteiger partial charge in [0, 0.05) is 18.6 Å². The Bertz CT molecular complexity index is 732. The van der Waals surface area contributed by atoms with Crippen LogP contribution in [0, 0.1) is 0 Å². The van der Waals surface area contributed by atoms with Crippen LogP contribution in [0.2, 0.25) is 0 Å². The van der Waals surface area contributed by atoms with Gasteiger partial charge in [-0.05, 0) is 43.6 Å². The highest BCUT2D eigenvalue weighted by Gasteiger charge is 2.21. The molecule has 1 aromatic heterocycles. The number of piperidine rings is 1. The minimum absolute atomic E-state index is 0.319. The Labute approximate surface area is 129 Å². The van der Waals surface area contributed by atoms with E-state index in [0.29, 0.717) is 28.9 Å². The van der Waals surface area contributed by atoms with E-state index in [1.807, 2.05) is 0 Å². The third-order valence-corrected chi connectivity index (χ3v) is 5.01. The highest BCUT2D eigenvalue weighted by molar-refractivity contribution is 7.90. The molecule has 0 radical (unpaired) electrons. The Hall–Kier alpha value is -1.73. The summed E-state index contributed by atoms with van der Waals surface area (Å²) in [5, 5.41) is 7.34. The van der Waals surface area contributed by atoms with E-state index < -0.39 is 9.84 Å². The van der Waals surface area contributed by atoms with E-state index in [-0.39, 0.29) is 0 Å². The van der Waals surface area contributed by atoms with Crippen LogP contribution in [0.25, 0.3) is 0 Å². The maximum atomic E-state index is 11.4. The first kappa shape index (κ1) is 15.2. The fraction of sp³-hybridized carbons (Fsp3) is 0.467. The number of sulfone groups is 1.